The molecular weight excluding hydrogens is 206 g/mol. The maximum Gasteiger partial charge on any atom is 0.116 e. The molecule has 0 aliphatic heterocycles. The zero-order chi connectivity index (χ0) is 11.4. The fourth-order valence-electron chi connectivity index (χ4n) is 1.56. The Morgan fingerprint density at radius 3 is 2.29 bits per heavy atom. The Hall–Kier alpha value is -0.170. The minimum absolute atomic E-state index is 0.287. The molecule has 14 heavy (non-hydrogen) atoms. The number of aliphatic hydroxyl groups is 1. The third kappa shape index (κ3) is 7.25. The lowest BCUT2D eigenvalue weighted by molar-refractivity contribution is -0.893. The average Bonchev–Trinajstić information content (AvgIpc) is 1.78. The lowest BCUT2D eigenvalue weighted by atomic mass is 10.3. The number of quaternary nitrogens is 1. The SMILES string of the molecule is CCC[N+](C)(C)CC(O)CS(=O)(=O)[O-]. The van der Waals surface area contributed by atoms with E-state index in [4.69, 9.17) is 0 Å². The van der Waals surface area contributed by atoms with E-state index >= 15 is 0 Å². The quantitative estimate of drug-likeness (QED) is 0.483. The molecule has 5 nitrogen and oxygen atoms in total. The van der Waals surface area contributed by atoms with E-state index in [1.165, 1.54) is 0 Å². The summed E-state index contributed by atoms with van der Waals surface area (Å²) in [4.78, 5) is 0. The molecule has 0 aliphatic rings. The van der Waals surface area contributed by atoms with Gasteiger partial charge >= 0.3 is 0 Å². The van der Waals surface area contributed by atoms with Crippen LogP contribution in [0.4, 0.5) is 0 Å². The van der Waals surface area contributed by atoms with Crippen LogP contribution >= 0.6 is 0 Å². The minimum atomic E-state index is -4.32. The topological polar surface area (TPSA) is 77.4 Å². The van der Waals surface area contributed by atoms with E-state index in [2.05, 4.69) is 0 Å². The van der Waals surface area contributed by atoms with Crippen LogP contribution in [0.2, 0.25) is 0 Å². The van der Waals surface area contributed by atoms with Gasteiger partial charge in [0.1, 0.15) is 12.6 Å². The predicted molar refractivity (Wildman–Crippen MR) is 52.7 cm³/mol. The molecule has 1 N–H and O–H groups in total. The van der Waals surface area contributed by atoms with E-state index in [0.717, 1.165) is 13.0 Å². The summed E-state index contributed by atoms with van der Waals surface area (Å²) in [5.41, 5.74) is 0. The zero-order valence-electron chi connectivity index (χ0n) is 8.93. The lowest BCUT2D eigenvalue weighted by Gasteiger charge is -2.31. The minimum Gasteiger partial charge on any atom is -0.748 e. The number of aliphatic hydroxyl groups excluding tert-OH is 1. The van der Waals surface area contributed by atoms with E-state index < -0.39 is 22.0 Å². The van der Waals surface area contributed by atoms with Gasteiger partial charge in [-0.05, 0) is 6.42 Å². The van der Waals surface area contributed by atoms with Gasteiger partial charge in [0.25, 0.3) is 0 Å². The molecule has 0 saturated carbocycles. The van der Waals surface area contributed by atoms with E-state index in [1.807, 2.05) is 21.0 Å². The van der Waals surface area contributed by atoms with Crippen molar-refractivity contribution in [1.82, 2.24) is 0 Å². The highest BCUT2D eigenvalue weighted by Gasteiger charge is 2.20. The fraction of sp³-hybridized carbons (Fsp3) is 1.00. The molecule has 1 atom stereocenters. The van der Waals surface area contributed by atoms with Crippen molar-refractivity contribution in [2.45, 2.75) is 19.4 Å². The largest absolute Gasteiger partial charge is 0.748 e. The van der Waals surface area contributed by atoms with Crippen LogP contribution in [-0.4, -0.2) is 61.6 Å². The van der Waals surface area contributed by atoms with E-state index in [9.17, 15) is 18.1 Å². The summed E-state index contributed by atoms with van der Waals surface area (Å²) in [7, 11) is -0.535. The van der Waals surface area contributed by atoms with Gasteiger partial charge in [-0.25, -0.2) is 8.42 Å². The van der Waals surface area contributed by atoms with Crippen molar-refractivity contribution in [3.63, 3.8) is 0 Å². The number of rotatable bonds is 6. The Labute approximate surface area is 85.7 Å². The molecule has 0 fully saturated rings. The highest BCUT2D eigenvalue weighted by Crippen LogP contribution is 2.03. The average molecular weight is 225 g/mol. The van der Waals surface area contributed by atoms with Crippen LogP contribution in [0, 0.1) is 0 Å². The Balaban J connectivity index is 4.12. The van der Waals surface area contributed by atoms with Gasteiger partial charge in [0, 0.05) is 0 Å². The number of hydrogen-bond acceptors (Lipinski definition) is 4. The van der Waals surface area contributed by atoms with E-state index in [1.54, 1.807) is 0 Å². The van der Waals surface area contributed by atoms with Crippen LogP contribution in [0.15, 0.2) is 0 Å². The summed E-state index contributed by atoms with van der Waals surface area (Å²) >= 11 is 0. The Morgan fingerprint density at radius 1 is 1.43 bits per heavy atom. The molecule has 0 radical (unpaired) electrons. The first-order chi connectivity index (χ1) is 6.16. The molecule has 0 saturated heterocycles. The van der Waals surface area contributed by atoms with Crippen molar-refractivity contribution in [3.05, 3.63) is 0 Å². The number of hydrogen-bond donors (Lipinski definition) is 1. The van der Waals surface area contributed by atoms with Crippen LogP contribution in [0.3, 0.4) is 0 Å². The maximum absolute atomic E-state index is 10.4. The van der Waals surface area contributed by atoms with Crippen molar-refractivity contribution < 1.29 is 22.6 Å². The van der Waals surface area contributed by atoms with Gasteiger partial charge in [-0.15, -0.1) is 0 Å². The summed E-state index contributed by atoms with van der Waals surface area (Å²) in [5.74, 6) is -0.696. The van der Waals surface area contributed by atoms with Crippen molar-refractivity contribution in [1.29, 1.82) is 0 Å². The second kappa shape index (κ2) is 5.06. The molecule has 0 amide bonds. The number of nitrogens with zero attached hydrogens (tertiary/aromatic N) is 1. The van der Waals surface area contributed by atoms with Crippen molar-refractivity contribution >= 4 is 10.1 Å². The highest BCUT2D eigenvalue weighted by atomic mass is 32.2. The van der Waals surface area contributed by atoms with Gasteiger partial charge in [-0.3, -0.25) is 0 Å². The normalized spacial score (nSPS) is 15.5. The first-order valence-corrected chi connectivity index (χ1v) is 6.17. The first kappa shape index (κ1) is 13.8. The smallest absolute Gasteiger partial charge is 0.116 e. The molecular formula is C8H19NO4S. The Bertz CT molecular complexity index is 261. The molecule has 0 bridgehead atoms. The fourth-order valence-corrected chi connectivity index (χ4v) is 2.13. The Kier molecular flexibility index (Phi) is 5.00. The monoisotopic (exact) mass is 225 g/mol. The molecule has 0 aromatic rings. The van der Waals surface area contributed by atoms with Gasteiger partial charge in [-0.1, -0.05) is 6.92 Å². The van der Waals surface area contributed by atoms with Gasteiger partial charge < -0.3 is 14.1 Å². The highest BCUT2D eigenvalue weighted by molar-refractivity contribution is 7.85. The van der Waals surface area contributed by atoms with E-state index in [0.29, 0.717) is 4.48 Å². The second-order valence-corrected chi connectivity index (χ2v) is 5.67. The molecule has 0 spiro atoms. The van der Waals surface area contributed by atoms with Gasteiger partial charge in [0.05, 0.1) is 36.5 Å². The predicted octanol–water partition coefficient (Wildman–Crippen LogP) is -0.621. The van der Waals surface area contributed by atoms with Crippen LogP contribution in [-0.2, 0) is 10.1 Å². The molecule has 0 aromatic carbocycles. The summed E-state index contributed by atoms with van der Waals surface area (Å²) in [6, 6.07) is 0. The third-order valence-corrected chi connectivity index (χ3v) is 2.72. The summed E-state index contributed by atoms with van der Waals surface area (Å²) in [6.45, 7) is 3.14. The molecule has 6 heteroatoms. The van der Waals surface area contributed by atoms with Crippen LogP contribution in [0.5, 0.6) is 0 Å². The molecule has 0 rings (SSSR count). The standard InChI is InChI=1S/C8H19NO4S/c1-4-5-9(2,3)6-8(10)7-14(11,12)13/h8,10H,4-7H2,1-3H3. The molecule has 1 unspecified atom stereocenters. The second-order valence-electron chi connectivity index (χ2n) is 4.22. The van der Waals surface area contributed by atoms with Gasteiger partial charge in [-0.2, -0.15) is 0 Å². The van der Waals surface area contributed by atoms with Gasteiger partial charge in [0.2, 0.25) is 0 Å². The molecule has 0 aliphatic carbocycles. The van der Waals surface area contributed by atoms with Crippen LogP contribution in [0.1, 0.15) is 13.3 Å². The third-order valence-electron chi connectivity index (χ3n) is 1.93. The van der Waals surface area contributed by atoms with Crippen LogP contribution < -0.4 is 0 Å². The lowest BCUT2D eigenvalue weighted by Crippen LogP contribution is -2.47. The summed E-state index contributed by atoms with van der Waals surface area (Å²) in [5, 5.41) is 9.35. The van der Waals surface area contributed by atoms with E-state index in [-0.39, 0.29) is 6.54 Å². The summed E-state index contributed by atoms with van der Waals surface area (Å²) in [6.07, 6.45) is -0.122. The first-order valence-electron chi connectivity index (χ1n) is 4.60. The van der Waals surface area contributed by atoms with Crippen molar-refractivity contribution in [3.8, 4) is 0 Å². The maximum atomic E-state index is 10.4. The Morgan fingerprint density at radius 2 is 1.93 bits per heavy atom. The van der Waals surface area contributed by atoms with Gasteiger partial charge in [0.15, 0.2) is 0 Å². The number of likely N-dealkylation sites (N-methyl/N-ethyl adjacent to an activating group) is 1. The summed E-state index contributed by atoms with van der Waals surface area (Å²) < 4.78 is 31.6. The van der Waals surface area contributed by atoms with Crippen molar-refractivity contribution in [2.24, 2.45) is 0 Å². The molecule has 0 aromatic heterocycles. The zero-order valence-corrected chi connectivity index (χ0v) is 9.75. The molecule has 86 valence electrons. The molecule has 0 heterocycles. The van der Waals surface area contributed by atoms with Crippen LogP contribution in [0.25, 0.3) is 0 Å². The van der Waals surface area contributed by atoms with Crippen molar-refractivity contribution in [2.75, 3.05) is 32.9 Å².